The number of benzene rings is 3. The van der Waals surface area contributed by atoms with Gasteiger partial charge in [-0.15, -0.1) is 0 Å². The molecule has 39 heavy (non-hydrogen) atoms. The topological polar surface area (TPSA) is 94.2 Å². The molecule has 0 saturated carbocycles. The minimum Gasteiger partial charge on any atom is -0.490 e. The minimum atomic E-state index is -0.819. The van der Waals surface area contributed by atoms with E-state index >= 15 is 0 Å². The number of imide groups is 2. The van der Waals surface area contributed by atoms with Gasteiger partial charge >= 0.3 is 6.03 Å². The SMILES string of the molecule is CCOc1cc(/C=C2\C(=O)NC(=O)N(c3ccc(OCc4ccc(C)cc4)cc3)C2=O)cc(I)c1OC(C)C. The van der Waals surface area contributed by atoms with Crippen molar-refractivity contribution >= 4 is 52.2 Å². The van der Waals surface area contributed by atoms with Crippen molar-refractivity contribution in [2.75, 3.05) is 11.5 Å². The summed E-state index contributed by atoms with van der Waals surface area (Å²) in [6.07, 6.45) is 1.38. The van der Waals surface area contributed by atoms with Gasteiger partial charge in [-0.25, -0.2) is 9.69 Å². The molecule has 3 aromatic rings. The first-order valence-electron chi connectivity index (χ1n) is 12.5. The second kappa shape index (κ2) is 12.3. The summed E-state index contributed by atoms with van der Waals surface area (Å²) in [4.78, 5) is 39.6. The number of carbonyl (C=O) groups excluding carboxylic acids is 3. The summed E-state index contributed by atoms with van der Waals surface area (Å²) >= 11 is 2.12. The Hall–Kier alpha value is -3.86. The zero-order valence-corrected chi connectivity index (χ0v) is 24.3. The molecule has 0 atom stereocenters. The highest BCUT2D eigenvalue weighted by Gasteiger charge is 2.37. The van der Waals surface area contributed by atoms with Crippen molar-refractivity contribution in [3.05, 3.63) is 86.5 Å². The predicted octanol–water partition coefficient (Wildman–Crippen LogP) is 6.03. The monoisotopic (exact) mass is 640 g/mol. The molecule has 0 unspecified atom stereocenters. The number of carbonyl (C=O) groups is 3. The lowest BCUT2D eigenvalue weighted by Crippen LogP contribution is -2.54. The van der Waals surface area contributed by atoms with E-state index in [-0.39, 0.29) is 11.7 Å². The lowest BCUT2D eigenvalue weighted by atomic mass is 10.1. The maximum Gasteiger partial charge on any atom is 0.335 e. The number of rotatable bonds is 9. The highest BCUT2D eigenvalue weighted by molar-refractivity contribution is 14.1. The number of hydrogen-bond donors (Lipinski definition) is 1. The van der Waals surface area contributed by atoms with Gasteiger partial charge in [0, 0.05) is 0 Å². The summed E-state index contributed by atoms with van der Waals surface area (Å²) in [5.41, 5.74) is 2.89. The number of urea groups is 1. The summed E-state index contributed by atoms with van der Waals surface area (Å²) < 4.78 is 18.2. The maximum atomic E-state index is 13.4. The van der Waals surface area contributed by atoms with Crippen molar-refractivity contribution in [3.63, 3.8) is 0 Å². The normalized spacial score (nSPS) is 14.6. The van der Waals surface area contributed by atoms with Gasteiger partial charge in [0.05, 0.1) is 22.0 Å². The van der Waals surface area contributed by atoms with Crippen molar-refractivity contribution in [1.82, 2.24) is 5.32 Å². The molecule has 1 aliphatic heterocycles. The van der Waals surface area contributed by atoms with Crippen LogP contribution in [0.4, 0.5) is 10.5 Å². The zero-order chi connectivity index (χ0) is 28.1. The van der Waals surface area contributed by atoms with Crippen LogP contribution < -0.4 is 24.4 Å². The number of nitrogens with zero attached hydrogens (tertiary/aromatic N) is 1. The quantitative estimate of drug-likeness (QED) is 0.175. The van der Waals surface area contributed by atoms with E-state index in [1.807, 2.05) is 52.0 Å². The molecule has 0 bridgehead atoms. The molecule has 4 rings (SSSR count). The number of hydrogen-bond acceptors (Lipinski definition) is 6. The average Bonchev–Trinajstić information content (AvgIpc) is 2.89. The van der Waals surface area contributed by atoms with Crippen LogP contribution in [-0.2, 0) is 16.2 Å². The number of barbiturate groups is 1. The van der Waals surface area contributed by atoms with Crippen molar-refractivity contribution in [2.24, 2.45) is 0 Å². The fourth-order valence-electron chi connectivity index (χ4n) is 3.89. The van der Waals surface area contributed by atoms with Gasteiger partial charge in [-0.2, -0.15) is 0 Å². The smallest absolute Gasteiger partial charge is 0.335 e. The fraction of sp³-hybridized carbons (Fsp3) is 0.233. The molecule has 0 radical (unpaired) electrons. The molecule has 3 aromatic carbocycles. The van der Waals surface area contributed by atoms with E-state index in [2.05, 4.69) is 27.9 Å². The Morgan fingerprint density at radius 1 is 0.974 bits per heavy atom. The van der Waals surface area contributed by atoms with Crippen molar-refractivity contribution in [1.29, 1.82) is 0 Å². The van der Waals surface area contributed by atoms with Crippen LogP contribution in [0.15, 0.2) is 66.2 Å². The molecular formula is C30H29IN2O6. The van der Waals surface area contributed by atoms with Crippen LogP contribution >= 0.6 is 22.6 Å². The summed E-state index contributed by atoms with van der Waals surface area (Å²) in [5.74, 6) is 0.179. The summed E-state index contributed by atoms with van der Waals surface area (Å²) in [7, 11) is 0. The molecule has 1 saturated heterocycles. The molecule has 0 aromatic heterocycles. The van der Waals surface area contributed by atoms with Crippen LogP contribution in [0, 0.1) is 10.5 Å². The Bertz CT molecular complexity index is 1410. The molecule has 0 spiro atoms. The van der Waals surface area contributed by atoms with E-state index in [9.17, 15) is 14.4 Å². The first-order valence-corrected chi connectivity index (χ1v) is 13.6. The number of aryl methyl sites for hydroxylation is 1. The van der Waals surface area contributed by atoms with E-state index in [4.69, 9.17) is 14.2 Å². The third kappa shape index (κ3) is 6.78. The third-order valence-corrected chi connectivity index (χ3v) is 6.52. The molecule has 1 fully saturated rings. The van der Waals surface area contributed by atoms with Crippen LogP contribution in [0.25, 0.3) is 6.08 Å². The Labute approximate surface area is 241 Å². The van der Waals surface area contributed by atoms with Crippen LogP contribution in [0.3, 0.4) is 0 Å². The van der Waals surface area contributed by atoms with Gasteiger partial charge in [-0.05, 0) is 104 Å². The van der Waals surface area contributed by atoms with E-state index in [0.717, 1.165) is 14.0 Å². The van der Waals surface area contributed by atoms with Crippen molar-refractivity contribution in [3.8, 4) is 17.2 Å². The molecule has 4 amide bonds. The van der Waals surface area contributed by atoms with Crippen LogP contribution in [0.5, 0.6) is 17.2 Å². The molecule has 9 heteroatoms. The van der Waals surface area contributed by atoms with Gasteiger partial charge in [0.2, 0.25) is 0 Å². The average molecular weight is 640 g/mol. The molecule has 202 valence electrons. The summed E-state index contributed by atoms with van der Waals surface area (Å²) in [6, 6.07) is 17.2. The number of nitrogens with one attached hydrogen (secondary N) is 1. The first-order chi connectivity index (χ1) is 18.7. The fourth-order valence-corrected chi connectivity index (χ4v) is 4.64. The molecule has 8 nitrogen and oxygen atoms in total. The zero-order valence-electron chi connectivity index (χ0n) is 22.1. The largest absolute Gasteiger partial charge is 0.490 e. The van der Waals surface area contributed by atoms with Crippen LogP contribution in [-0.4, -0.2) is 30.6 Å². The van der Waals surface area contributed by atoms with E-state index in [1.165, 1.54) is 11.6 Å². The summed E-state index contributed by atoms with van der Waals surface area (Å²) in [5, 5.41) is 2.26. The van der Waals surface area contributed by atoms with Gasteiger partial charge in [0.15, 0.2) is 11.5 Å². The highest BCUT2D eigenvalue weighted by Crippen LogP contribution is 2.36. The van der Waals surface area contributed by atoms with Crippen molar-refractivity contribution in [2.45, 2.75) is 40.4 Å². The lowest BCUT2D eigenvalue weighted by molar-refractivity contribution is -0.122. The molecule has 1 heterocycles. The first kappa shape index (κ1) is 28.2. The predicted molar refractivity (Wildman–Crippen MR) is 157 cm³/mol. The Morgan fingerprint density at radius 3 is 2.31 bits per heavy atom. The lowest BCUT2D eigenvalue weighted by Gasteiger charge is -2.26. The highest BCUT2D eigenvalue weighted by atomic mass is 127. The molecule has 1 aliphatic rings. The van der Waals surface area contributed by atoms with Crippen LogP contribution in [0.2, 0.25) is 0 Å². The molecule has 0 aliphatic carbocycles. The standard InChI is InChI=1S/C30H29IN2O6/c1-5-37-26-16-21(15-25(31)27(26)39-18(2)3)14-24-28(34)32-30(36)33(29(24)35)22-10-12-23(13-11-22)38-17-20-8-6-19(4)7-9-20/h6-16,18H,5,17H2,1-4H3,(H,32,34,36)/b24-14+. The van der Waals surface area contributed by atoms with Gasteiger partial charge in [0.1, 0.15) is 17.9 Å². The third-order valence-electron chi connectivity index (χ3n) is 5.72. The number of amides is 4. The molecular weight excluding hydrogens is 611 g/mol. The number of anilines is 1. The van der Waals surface area contributed by atoms with E-state index < -0.39 is 17.8 Å². The molecule has 1 N–H and O–H groups in total. The van der Waals surface area contributed by atoms with Gasteiger partial charge in [-0.1, -0.05) is 29.8 Å². The Kier molecular flexibility index (Phi) is 8.90. The van der Waals surface area contributed by atoms with Crippen LogP contribution in [0.1, 0.15) is 37.5 Å². The maximum absolute atomic E-state index is 13.4. The van der Waals surface area contributed by atoms with E-state index in [0.29, 0.717) is 41.7 Å². The summed E-state index contributed by atoms with van der Waals surface area (Å²) in [6.45, 7) is 8.51. The second-order valence-corrected chi connectivity index (χ2v) is 10.3. The second-order valence-electron chi connectivity index (χ2n) is 9.16. The van der Waals surface area contributed by atoms with Gasteiger partial charge in [-0.3, -0.25) is 14.9 Å². The minimum absolute atomic E-state index is 0.0633. The van der Waals surface area contributed by atoms with Gasteiger partial charge < -0.3 is 14.2 Å². The number of halogens is 1. The number of ether oxygens (including phenoxy) is 3. The van der Waals surface area contributed by atoms with Crippen molar-refractivity contribution < 1.29 is 28.6 Å². The van der Waals surface area contributed by atoms with Gasteiger partial charge in [0.25, 0.3) is 11.8 Å². The van der Waals surface area contributed by atoms with E-state index in [1.54, 1.807) is 36.4 Å². The Balaban J connectivity index is 1.57. The Morgan fingerprint density at radius 2 is 1.67 bits per heavy atom.